The predicted molar refractivity (Wildman–Crippen MR) is 190 cm³/mol. The summed E-state index contributed by atoms with van der Waals surface area (Å²) in [5.41, 5.74) is 0.947. The van der Waals surface area contributed by atoms with Gasteiger partial charge in [0.25, 0.3) is 5.91 Å². The molecule has 4 aliphatic rings. The van der Waals surface area contributed by atoms with Crippen LogP contribution >= 0.6 is 11.6 Å². The van der Waals surface area contributed by atoms with Gasteiger partial charge in [0.15, 0.2) is 0 Å². The molecule has 4 aliphatic heterocycles. The van der Waals surface area contributed by atoms with E-state index in [-0.39, 0.29) is 18.9 Å². The number of esters is 1. The number of aryl methyl sites for hydroxylation is 1. The summed E-state index contributed by atoms with van der Waals surface area (Å²) >= 11 is 6.78. The van der Waals surface area contributed by atoms with E-state index in [1.165, 1.54) is 9.80 Å². The van der Waals surface area contributed by atoms with Crippen molar-refractivity contribution in [3.05, 3.63) is 125 Å². The van der Waals surface area contributed by atoms with Gasteiger partial charge in [-0.2, -0.15) is 0 Å². The molecule has 0 saturated carbocycles. The number of aliphatic hydroxyl groups is 1. The second kappa shape index (κ2) is 14.1. The lowest BCUT2D eigenvalue weighted by molar-refractivity contribution is -0.161. The number of benzene rings is 3. The molecule has 4 heterocycles. The van der Waals surface area contributed by atoms with Crippen LogP contribution in [0, 0.1) is 18.8 Å². The summed E-state index contributed by atoms with van der Waals surface area (Å²) < 4.78 is 12.9. The maximum atomic E-state index is 15.3. The maximum Gasteiger partial charge on any atom is 0.313 e. The van der Waals surface area contributed by atoms with Gasteiger partial charge in [-0.1, -0.05) is 109 Å². The van der Waals surface area contributed by atoms with E-state index in [0.29, 0.717) is 28.3 Å². The van der Waals surface area contributed by atoms with Gasteiger partial charge >= 0.3 is 5.97 Å². The van der Waals surface area contributed by atoms with Crippen LogP contribution in [-0.2, 0) is 28.7 Å². The molecule has 1 spiro atoms. The van der Waals surface area contributed by atoms with Gasteiger partial charge in [0, 0.05) is 13.0 Å². The Bertz CT molecular complexity index is 1860. The first-order valence-corrected chi connectivity index (χ1v) is 17.7. The predicted octanol–water partition coefficient (Wildman–Crippen LogP) is 5.00. The van der Waals surface area contributed by atoms with Crippen molar-refractivity contribution in [3.63, 3.8) is 0 Å². The third-order valence-electron chi connectivity index (χ3n) is 10.4. The van der Waals surface area contributed by atoms with Gasteiger partial charge in [0.1, 0.15) is 23.7 Å². The molecule has 51 heavy (non-hydrogen) atoms. The Balaban J connectivity index is 1.39. The highest BCUT2D eigenvalue weighted by Crippen LogP contribution is 2.57. The summed E-state index contributed by atoms with van der Waals surface area (Å²) in [7, 11) is 0. The number of aliphatic hydroxyl groups excluding tert-OH is 1. The standard InChI is InChI=1S/C40H40ClN3O7/c1-24-13-12-18-28(41)34(24)43-22-11-5-10-19-31(46)42-25(2)35(27-16-8-4-9-17-27)50-39(49)32-30-20-21-40(51-30)33(32)37(47)44(36(40)38(43)48)29(23-45)26-14-6-3-7-15-26/h3-9,11-18,20-21,25,29-30,32-33,35-36,45H,10,19,22-23H2,1-2H3,(H,42,46)/b11-5-/t25-,29-,30+,32-,33-,35+,36+,40-/m1/s1. The molecule has 2 saturated heterocycles. The lowest BCUT2D eigenvalue weighted by Gasteiger charge is -2.39. The van der Waals surface area contributed by atoms with Crippen molar-refractivity contribution in [1.29, 1.82) is 0 Å². The SMILES string of the molecule is Cc1cccc(Cl)c1N1C/C=C\CCC(=O)N[C@H](C)[C@@H](c2ccccc2)OC(=O)[C@@H]2[C@@H]3C=C[C@]4(O3)[C@H](C1=O)N([C@H](CO)c1ccccc1)C(=O)[C@@H]24. The minimum absolute atomic E-state index is 0.0739. The van der Waals surface area contributed by atoms with Gasteiger partial charge < -0.3 is 29.7 Å². The van der Waals surface area contributed by atoms with Crippen LogP contribution < -0.4 is 10.2 Å². The number of amides is 3. The van der Waals surface area contributed by atoms with Crippen molar-refractivity contribution in [2.45, 2.75) is 62.6 Å². The van der Waals surface area contributed by atoms with Crippen LogP contribution in [0.5, 0.6) is 0 Å². The van der Waals surface area contributed by atoms with Crippen molar-refractivity contribution in [2.24, 2.45) is 11.8 Å². The fourth-order valence-corrected chi connectivity index (χ4v) is 8.47. The summed E-state index contributed by atoms with van der Waals surface area (Å²) in [6.07, 6.45) is 5.92. The smallest absolute Gasteiger partial charge is 0.313 e. The zero-order chi connectivity index (χ0) is 35.9. The highest BCUT2D eigenvalue weighted by molar-refractivity contribution is 6.34. The van der Waals surface area contributed by atoms with Crippen LogP contribution in [0.2, 0.25) is 5.02 Å². The van der Waals surface area contributed by atoms with E-state index < -0.39 is 72.2 Å². The van der Waals surface area contributed by atoms with Crippen molar-refractivity contribution < 1.29 is 33.8 Å². The van der Waals surface area contributed by atoms with Gasteiger partial charge in [0.2, 0.25) is 11.8 Å². The summed E-state index contributed by atoms with van der Waals surface area (Å²) in [5, 5.41) is 14.2. The van der Waals surface area contributed by atoms with Crippen molar-refractivity contribution in [3.8, 4) is 0 Å². The molecule has 8 atom stereocenters. The first-order chi connectivity index (χ1) is 24.7. The van der Waals surface area contributed by atoms with Crippen LogP contribution in [0.4, 0.5) is 5.69 Å². The molecular weight excluding hydrogens is 670 g/mol. The third kappa shape index (κ3) is 6.05. The summed E-state index contributed by atoms with van der Waals surface area (Å²) in [4.78, 5) is 60.7. The van der Waals surface area contributed by atoms with E-state index in [4.69, 9.17) is 21.1 Å². The Morgan fingerprint density at radius 3 is 2.39 bits per heavy atom. The first kappa shape index (κ1) is 34.7. The van der Waals surface area contributed by atoms with Gasteiger partial charge in [-0.25, -0.2) is 0 Å². The molecule has 2 N–H and O–H groups in total. The van der Waals surface area contributed by atoms with E-state index in [0.717, 1.165) is 5.56 Å². The van der Waals surface area contributed by atoms with Crippen LogP contribution in [0.15, 0.2) is 103 Å². The molecule has 10 nitrogen and oxygen atoms in total. The monoisotopic (exact) mass is 709 g/mol. The molecule has 0 aliphatic carbocycles. The number of anilines is 1. The molecule has 3 aromatic rings. The second-order valence-corrected chi connectivity index (χ2v) is 14.0. The van der Waals surface area contributed by atoms with Crippen molar-refractivity contribution in [1.82, 2.24) is 10.2 Å². The first-order valence-electron chi connectivity index (χ1n) is 17.3. The van der Waals surface area contributed by atoms with E-state index >= 15 is 4.79 Å². The molecule has 0 unspecified atom stereocenters. The van der Waals surface area contributed by atoms with Crippen LogP contribution in [0.25, 0.3) is 0 Å². The van der Waals surface area contributed by atoms with E-state index in [2.05, 4.69) is 5.32 Å². The number of halogens is 1. The van der Waals surface area contributed by atoms with Gasteiger partial charge in [0.05, 0.1) is 41.4 Å². The van der Waals surface area contributed by atoms with E-state index in [1.54, 1.807) is 61.5 Å². The molecular formula is C40H40ClN3O7. The number of hydrogen-bond donors (Lipinski definition) is 2. The summed E-state index contributed by atoms with van der Waals surface area (Å²) in [5.74, 6) is -4.13. The number of cyclic esters (lactones) is 1. The molecule has 2 fully saturated rings. The van der Waals surface area contributed by atoms with Gasteiger partial charge in [-0.05, 0) is 43.0 Å². The molecule has 3 aromatic carbocycles. The Morgan fingerprint density at radius 1 is 0.961 bits per heavy atom. The van der Waals surface area contributed by atoms with Gasteiger partial charge in [-0.15, -0.1) is 0 Å². The molecule has 11 heteroatoms. The van der Waals surface area contributed by atoms with Crippen LogP contribution in [0.1, 0.15) is 48.6 Å². The number of nitrogens with one attached hydrogen (secondary N) is 1. The minimum atomic E-state index is -1.54. The third-order valence-corrected chi connectivity index (χ3v) is 10.7. The van der Waals surface area contributed by atoms with Crippen molar-refractivity contribution >= 4 is 41.0 Å². The number of allylic oxidation sites excluding steroid dienone is 1. The largest absolute Gasteiger partial charge is 0.455 e. The number of rotatable bonds is 5. The number of ether oxygens (including phenoxy) is 2. The maximum absolute atomic E-state index is 15.3. The number of carbonyl (C=O) groups excluding carboxylic acids is 4. The molecule has 5 bridgehead atoms. The Labute approximate surface area is 301 Å². The fraction of sp³-hybridized carbons (Fsp3) is 0.350. The topological polar surface area (TPSA) is 125 Å². The number of nitrogens with zero attached hydrogens (tertiary/aromatic N) is 2. The van der Waals surface area contributed by atoms with Crippen molar-refractivity contribution in [2.75, 3.05) is 18.1 Å². The number of para-hydroxylation sites is 1. The molecule has 264 valence electrons. The summed E-state index contributed by atoms with van der Waals surface area (Å²) in [6.45, 7) is 3.21. The second-order valence-electron chi connectivity index (χ2n) is 13.5. The van der Waals surface area contributed by atoms with Crippen LogP contribution in [0.3, 0.4) is 0 Å². The van der Waals surface area contributed by atoms with Crippen LogP contribution in [-0.4, -0.2) is 70.6 Å². The Hall–Kier alpha value is -4.77. The minimum Gasteiger partial charge on any atom is -0.455 e. The summed E-state index contributed by atoms with van der Waals surface area (Å²) in [6, 6.07) is 20.7. The average molecular weight is 710 g/mol. The molecule has 3 amide bonds. The molecule has 0 radical (unpaired) electrons. The zero-order valence-corrected chi connectivity index (χ0v) is 29.1. The highest BCUT2D eigenvalue weighted by Gasteiger charge is 2.74. The number of likely N-dealkylation sites (tertiary alicyclic amines) is 1. The quantitative estimate of drug-likeness (QED) is 0.282. The number of carbonyl (C=O) groups is 4. The Morgan fingerprint density at radius 2 is 1.69 bits per heavy atom. The number of fused-ring (bicyclic) bond motifs is 2. The lowest BCUT2D eigenvalue weighted by atomic mass is 9.74. The van der Waals surface area contributed by atoms with E-state index in [1.807, 2.05) is 55.5 Å². The van der Waals surface area contributed by atoms with Gasteiger partial charge in [-0.3, -0.25) is 19.2 Å². The number of hydrogen-bond acceptors (Lipinski definition) is 7. The average Bonchev–Trinajstić information content (AvgIpc) is 3.77. The normalized spacial score (nSPS) is 30.6. The fourth-order valence-electron chi connectivity index (χ4n) is 8.15. The molecule has 7 rings (SSSR count). The zero-order valence-electron chi connectivity index (χ0n) is 28.4. The molecule has 0 aromatic heterocycles. The van der Waals surface area contributed by atoms with E-state index in [9.17, 15) is 19.5 Å². The lowest BCUT2D eigenvalue weighted by Crippen LogP contribution is -2.57. The Kier molecular flexibility index (Phi) is 9.58. The highest BCUT2D eigenvalue weighted by atomic mass is 35.5.